The Hall–Kier alpha value is -0.860. The van der Waals surface area contributed by atoms with Crippen LogP contribution in [-0.4, -0.2) is 17.7 Å². The molecule has 0 saturated heterocycles. The first-order valence-corrected chi connectivity index (χ1v) is 7.65. The zero-order valence-electron chi connectivity index (χ0n) is 12.6. The van der Waals surface area contributed by atoms with Gasteiger partial charge < -0.3 is 10.4 Å². The van der Waals surface area contributed by atoms with Crippen LogP contribution in [0.15, 0.2) is 30.3 Å². The standard InChI is InChI=1S/C17H29NO/c1-4-6-10-15(5-2)13-18-14(3)17(19)16-11-8-7-9-12-16/h7-9,11-12,14-15,17-19H,4-6,10,13H2,1-3H3. The second-order valence-electron chi connectivity index (χ2n) is 5.47. The molecule has 1 aromatic rings. The maximum atomic E-state index is 10.3. The van der Waals surface area contributed by atoms with Crippen LogP contribution in [0, 0.1) is 5.92 Å². The molecular weight excluding hydrogens is 234 g/mol. The van der Waals surface area contributed by atoms with E-state index in [-0.39, 0.29) is 6.04 Å². The first-order valence-electron chi connectivity index (χ1n) is 7.65. The minimum absolute atomic E-state index is 0.0954. The summed E-state index contributed by atoms with van der Waals surface area (Å²) < 4.78 is 0. The lowest BCUT2D eigenvalue weighted by molar-refractivity contribution is 0.133. The lowest BCUT2D eigenvalue weighted by atomic mass is 9.98. The third-order valence-corrected chi connectivity index (χ3v) is 3.89. The van der Waals surface area contributed by atoms with E-state index in [0.717, 1.165) is 18.0 Å². The lowest BCUT2D eigenvalue weighted by Gasteiger charge is -2.23. The summed E-state index contributed by atoms with van der Waals surface area (Å²) in [5, 5.41) is 13.8. The molecule has 0 heterocycles. The molecule has 0 fully saturated rings. The Morgan fingerprint density at radius 3 is 2.42 bits per heavy atom. The molecule has 2 nitrogen and oxygen atoms in total. The summed E-state index contributed by atoms with van der Waals surface area (Å²) in [4.78, 5) is 0. The van der Waals surface area contributed by atoms with Crippen LogP contribution in [0.1, 0.15) is 58.1 Å². The van der Waals surface area contributed by atoms with Crippen LogP contribution in [0.25, 0.3) is 0 Å². The first kappa shape index (κ1) is 16.2. The van der Waals surface area contributed by atoms with Crippen LogP contribution in [-0.2, 0) is 0 Å². The van der Waals surface area contributed by atoms with Gasteiger partial charge in [-0.3, -0.25) is 0 Å². The number of hydrogen-bond acceptors (Lipinski definition) is 2. The van der Waals surface area contributed by atoms with Gasteiger partial charge in [0.05, 0.1) is 6.10 Å². The van der Waals surface area contributed by atoms with Crippen molar-refractivity contribution in [1.29, 1.82) is 0 Å². The van der Waals surface area contributed by atoms with Gasteiger partial charge in [0.1, 0.15) is 0 Å². The van der Waals surface area contributed by atoms with Gasteiger partial charge in [-0.1, -0.05) is 63.4 Å². The van der Waals surface area contributed by atoms with Crippen LogP contribution < -0.4 is 5.32 Å². The smallest absolute Gasteiger partial charge is 0.0940 e. The fraction of sp³-hybridized carbons (Fsp3) is 0.647. The van der Waals surface area contributed by atoms with Gasteiger partial charge in [0.2, 0.25) is 0 Å². The molecule has 0 aromatic heterocycles. The van der Waals surface area contributed by atoms with E-state index < -0.39 is 6.10 Å². The van der Waals surface area contributed by atoms with Gasteiger partial charge in [0.25, 0.3) is 0 Å². The second-order valence-corrected chi connectivity index (χ2v) is 5.47. The maximum Gasteiger partial charge on any atom is 0.0940 e. The Balaban J connectivity index is 2.39. The Kier molecular flexibility index (Phi) is 7.76. The highest BCUT2D eigenvalue weighted by molar-refractivity contribution is 5.18. The van der Waals surface area contributed by atoms with E-state index in [1.807, 2.05) is 30.3 Å². The average molecular weight is 263 g/mol. The molecule has 2 N–H and O–H groups in total. The van der Waals surface area contributed by atoms with Crippen molar-refractivity contribution >= 4 is 0 Å². The fourth-order valence-corrected chi connectivity index (χ4v) is 2.35. The highest BCUT2D eigenvalue weighted by atomic mass is 16.3. The number of rotatable bonds is 9. The maximum absolute atomic E-state index is 10.3. The molecule has 0 spiro atoms. The molecule has 1 aromatic carbocycles. The summed E-state index contributed by atoms with van der Waals surface area (Å²) in [6, 6.07) is 9.99. The number of hydrogen-bond donors (Lipinski definition) is 2. The molecule has 2 heteroatoms. The number of nitrogens with one attached hydrogen (secondary N) is 1. The van der Waals surface area contributed by atoms with Gasteiger partial charge in [0, 0.05) is 6.04 Å². The van der Waals surface area contributed by atoms with Gasteiger partial charge in [-0.2, -0.15) is 0 Å². The predicted molar refractivity (Wildman–Crippen MR) is 82.2 cm³/mol. The average Bonchev–Trinajstić information content (AvgIpc) is 2.47. The lowest BCUT2D eigenvalue weighted by Crippen LogP contribution is -2.35. The number of aliphatic hydroxyl groups is 1. The Morgan fingerprint density at radius 2 is 1.84 bits per heavy atom. The van der Waals surface area contributed by atoms with E-state index in [0.29, 0.717) is 0 Å². The highest BCUT2D eigenvalue weighted by Crippen LogP contribution is 2.17. The monoisotopic (exact) mass is 263 g/mol. The molecule has 3 atom stereocenters. The number of benzene rings is 1. The van der Waals surface area contributed by atoms with E-state index in [4.69, 9.17) is 0 Å². The number of unbranched alkanes of at least 4 members (excludes halogenated alkanes) is 1. The Bertz CT molecular complexity index is 325. The minimum atomic E-state index is -0.426. The topological polar surface area (TPSA) is 32.3 Å². The summed E-state index contributed by atoms with van der Waals surface area (Å²) >= 11 is 0. The number of aliphatic hydroxyl groups excluding tert-OH is 1. The van der Waals surface area contributed by atoms with E-state index >= 15 is 0 Å². The first-order chi connectivity index (χ1) is 9.19. The SMILES string of the molecule is CCCCC(CC)CNC(C)C(O)c1ccccc1. The van der Waals surface area contributed by atoms with Crippen molar-refractivity contribution in [1.82, 2.24) is 5.32 Å². The van der Waals surface area contributed by atoms with Crippen molar-refractivity contribution in [2.45, 2.75) is 58.6 Å². The summed E-state index contributed by atoms with van der Waals surface area (Å²) in [5.74, 6) is 0.727. The van der Waals surface area contributed by atoms with Gasteiger partial charge in [-0.15, -0.1) is 0 Å². The molecule has 0 radical (unpaired) electrons. The van der Waals surface area contributed by atoms with Crippen LogP contribution in [0.2, 0.25) is 0 Å². The van der Waals surface area contributed by atoms with Gasteiger partial charge in [-0.25, -0.2) is 0 Å². The van der Waals surface area contributed by atoms with Gasteiger partial charge >= 0.3 is 0 Å². The van der Waals surface area contributed by atoms with Crippen LogP contribution >= 0.6 is 0 Å². The molecular formula is C17H29NO. The molecule has 0 bridgehead atoms. The zero-order valence-corrected chi connectivity index (χ0v) is 12.6. The summed E-state index contributed by atoms with van der Waals surface area (Å²) in [5.41, 5.74) is 0.990. The summed E-state index contributed by atoms with van der Waals surface area (Å²) in [6.45, 7) is 7.55. The molecule has 0 aliphatic heterocycles. The third-order valence-electron chi connectivity index (χ3n) is 3.89. The highest BCUT2D eigenvalue weighted by Gasteiger charge is 2.16. The quantitative estimate of drug-likeness (QED) is 0.708. The zero-order chi connectivity index (χ0) is 14.1. The van der Waals surface area contributed by atoms with Crippen molar-refractivity contribution in [2.75, 3.05) is 6.54 Å². The largest absolute Gasteiger partial charge is 0.387 e. The normalized spacial score (nSPS) is 16.0. The second kappa shape index (κ2) is 9.11. The molecule has 0 aliphatic rings. The molecule has 0 aliphatic carbocycles. The molecule has 0 saturated carbocycles. The Labute approximate surface area is 118 Å². The minimum Gasteiger partial charge on any atom is -0.387 e. The van der Waals surface area contributed by atoms with Gasteiger partial charge in [0.15, 0.2) is 0 Å². The van der Waals surface area contributed by atoms with E-state index in [9.17, 15) is 5.11 Å². The van der Waals surface area contributed by atoms with Crippen molar-refractivity contribution < 1.29 is 5.11 Å². The van der Waals surface area contributed by atoms with Crippen molar-refractivity contribution in [2.24, 2.45) is 5.92 Å². The molecule has 0 amide bonds. The fourth-order valence-electron chi connectivity index (χ4n) is 2.35. The Morgan fingerprint density at radius 1 is 1.16 bits per heavy atom. The van der Waals surface area contributed by atoms with Gasteiger partial charge in [-0.05, 0) is 31.4 Å². The summed E-state index contributed by atoms with van der Waals surface area (Å²) in [7, 11) is 0. The van der Waals surface area contributed by atoms with Crippen LogP contribution in [0.5, 0.6) is 0 Å². The van der Waals surface area contributed by atoms with Crippen molar-refractivity contribution in [3.05, 3.63) is 35.9 Å². The summed E-state index contributed by atoms with van der Waals surface area (Å²) in [6.07, 6.45) is 4.63. The molecule has 108 valence electrons. The molecule has 19 heavy (non-hydrogen) atoms. The predicted octanol–water partition coefficient (Wildman–Crippen LogP) is 3.91. The van der Waals surface area contributed by atoms with Crippen LogP contribution in [0.4, 0.5) is 0 Å². The van der Waals surface area contributed by atoms with E-state index in [1.165, 1.54) is 25.7 Å². The molecule has 1 rings (SSSR count). The van der Waals surface area contributed by atoms with E-state index in [1.54, 1.807) is 0 Å². The van der Waals surface area contributed by atoms with E-state index in [2.05, 4.69) is 26.1 Å². The van der Waals surface area contributed by atoms with Crippen molar-refractivity contribution in [3.63, 3.8) is 0 Å². The van der Waals surface area contributed by atoms with Crippen molar-refractivity contribution in [3.8, 4) is 0 Å². The van der Waals surface area contributed by atoms with Crippen LogP contribution in [0.3, 0.4) is 0 Å². The molecule has 3 unspecified atom stereocenters. The third kappa shape index (κ3) is 5.75.